The molecular formula is C15H9ClF4N4O2S. The third kappa shape index (κ3) is 4.55. The molecule has 3 aromatic rings. The molecule has 0 amide bonds. The van der Waals surface area contributed by atoms with Gasteiger partial charge in [0.25, 0.3) is 5.82 Å². The van der Waals surface area contributed by atoms with Crippen LogP contribution in [-0.4, -0.2) is 21.1 Å². The summed E-state index contributed by atoms with van der Waals surface area (Å²) in [7, 11) is 0. The molecule has 0 saturated heterocycles. The Morgan fingerprint density at radius 2 is 2.11 bits per heavy atom. The molecule has 0 aliphatic heterocycles. The highest BCUT2D eigenvalue weighted by atomic mass is 35.5. The maximum absolute atomic E-state index is 13.1. The molecule has 12 heteroatoms. The highest BCUT2D eigenvalue weighted by Crippen LogP contribution is 2.27. The number of hydrogen-bond donors (Lipinski definition) is 1. The van der Waals surface area contributed by atoms with Gasteiger partial charge in [-0.3, -0.25) is 0 Å². The largest absolute Gasteiger partial charge is 0.486 e. The molecule has 0 saturated carbocycles. The van der Waals surface area contributed by atoms with Crippen molar-refractivity contribution in [2.45, 2.75) is 12.8 Å². The molecule has 0 atom stereocenters. The predicted molar refractivity (Wildman–Crippen MR) is 89.9 cm³/mol. The summed E-state index contributed by atoms with van der Waals surface area (Å²) in [5.74, 6) is -0.998. The minimum atomic E-state index is -4.72. The van der Waals surface area contributed by atoms with Crippen LogP contribution in [0.5, 0.6) is 5.75 Å². The maximum Gasteiger partial charge on any atom is 0.453 e. The lowest BCUT2D eigenvalue weighted by molar-refractivity contribution is -0.147. The van der Waals surface area contributed by atoms with E-state index in [1.807, 2.05) is 5.10 Å². The maximum atomic E-state index is 13.1. The quantitative estimate of drug-likeness (QED) is 0.365. The molecule has 0 radical (unpaired) electrons. The zero-order chi connectivity index (χ0) is 19.6. The van der Waals surface area contributed by atoms with E-state index in [1.54, 1.807) is 6.07 Å². The van der Waals surface area contributed by atoms with E-state index in [-0.39, 0.29) is 22.2 Å². The smallest absolute Gasteiger partial charge is 0.453 e. The average Bonchev–Trinajstić information content (AvgIpc) is 3.20. The van der Waals surface area contributed by atoms with Gasteiger partial charge in [-0.05, 0) is 36.5 Å². The third-order valence-corrected chi connectivity index (χ3v) is 3.71. The summed E-state index contributed by atoms with van der Waals surface area (Å²) in [4.78, 5) is 0. The van der Waals surface area contributed by atoms with Crippen LogP contribution in [-0.2, 0) is 12.8 Å². The molecule has 2 heterocycles. The number of ether oxygens (including phenoxy) is 1. The molecule has 0 bridgehead atoms. The summed E-state index contributed by atoms with van der Waals surface area (Å²) in [6.07, 6.45) is -3.66. The van der Waals surface area contributed by atoms with Crippen molar-refractivity contribution in [2.75, 3.05) is 0 Å². The van der Waals surface area contributed by atoms with Crippen molar-refractivity contribution >= 4 is 30.0 Å². The Kier molecular flexibility index (Phi) is 5.33. The third-order valence-electron chi connectivity index (χ3n) is 3.16. The highest BCUT2D eigenvalue weighted by Gasteiger charge is 2.37. The first-order chi connectivity index (χ1) is 12.7. The van der Waals surface area contributed by atoms with Gasteiger partial charge >= 0.3 is 6.18 Å². The number of H-pyrrole nitrogens is 1. The van der Waals surface area contributed by atoms with Crippen LogP contribution in [0.2, 0.25) is 5.02 Å². The van der Waals surface area contributed by atoms with Gasteiger partial charge in [-0.15, -0.1) is 5.10 Å². The van der Waals surface area contributed by atoms with E-state index in [9.17, 15) is 17.6 Å². The number of alkyl halides is 3. The summed E-state index contributed by atoms with van der Waals surface area (Å²) in [5, 5.41) is 8.68. The van der Waals surface area contributed by atoms with Crippen LogP contribution < -0.4 is 4.74 Å². The van der Waals surface area contributed by atoms with E-state index >= 15 is 0 Å². The summed E-state index contributed by atoms with van der Waals surface area (Å²) in [6.45, 7) is -0.00522. The number of nitrogens with zero attached hydrogens (tertiary/aromatic N) is 3. The number of aromatic amines is 1. The van der Waals surface area contributed by atoms with Crippen LogP contribution >= 0.6 is 23.8 Å². The van der Waals surface area contributed by atoms with E-state index in [2.05, 4.69) is 10.2 Å². The minimum absolute atomic E-state index is 0.00522. The van der Waals surface area contributed by atoms with E-state index in [0.29, 0.717) is 16.2 Å². The molecular weight excluding hydrogens is 412 g/mol. The number of hydrogen-bond acceptors (Lipinski definition) is 5. The molecule has 142 valence electrons. The van der Waals surface area contributed by atoms with Crippen molar-refractivity contribution in [3.63, 3.8) is 0 Å². The summed E-state index contributed by atoms with van der Waals surface area (Å²) >= 11 is 10.4. The lowest BCUT2D eigenvalue weighted by atomic mass is 10.3. The lowest BCUT2D eigenvalue weighted by Crippen LogP contribution is -2.12. The Balaban J connectivity index is 1.70. The number of benzene rings is 1. The summed E-state index contributed by atoms with van der Waals surface area (Å²) in [6, 6.07) is 6.89. The summed E-state index contributed by atoms with van der Waals surface area (Å²) < 4.78 is 62.4. The van der Waals surface area contributed by atoms with Crippen LogP contribution in [0.1, 0.15) is 17.3 Å². The Hall–Kier alpha value is -2.66. The molecule has 0 unspecified atom stereocenters. The van der Waals surface area contributed by atoms with E-state index in [0.717, 1.165) is 12.3 Å². The van der Waals surface area contributed by atoms with Crippen LogP contribution in [0.4, 0.5) is 17.6 Å². The fraction of sp³-hybridized carbons (Fsp3) is 0.133. The topological polar surface area (TPSA) is 68.3 Å². The fourth-order valence-corrected chi connectivity index (χ4v) is 2.31. The van der Waals surface area contributed by atoms with Crippen molar-refractivity contribution in [3.05, 3.63) is 63.3 Å². The molecule has 3 rings (SSSR count). The van der Waals surface area contributed by atoms with E-state index in [4.69, 9.17) is 33.0 Å². The zero-order valence-corrected chi connectivity index (χ0v) is 14.7. The molecule has 0 fully saturated rings. The second-order valence-corrected chi connectivity index (χ2v) is 5.87. The number of furan rings is 1. The second kappa shape index (κ2) is 7.53. The molecule has 2 aromatic heterocycles. The fourth-order valence-electron chi connectivity index (χ4n) is 1.96. The average molecular weight is 421 g/mol. The van der Waals surface area contributed by atoms with Gasteiger partial charge in [0.2, 0.25) is 4.77 Å². The van der Waals surface area contributed by atoms with Gasteiger partial charge < -0.3 is 9.15 Å². The SMILES string of the molecule is Fc1ccc(OCc2ccc(/C=N/n3c(C(F)(F)F)n[nH]c3=S)o2)cc1Cl. The molecule has 0 aliphatic carbocycles. The lowest BCUT2D eigenvalue weighted by Gasteiger charge is -2.04. The molecule has 1 N–H and O–H groups in total. The monoisotopic (exact) mass is 420 g/mol. The van der Waals surface area contributed by atoms with Crippen molar-refractivity contribution in [1.82, 2.24) is 14.9 Å². The first-order valence-corrected chi connectivity index (χ1v) is 7.98. The predicted octanol–water partition coefficient (Wildman–Crippen LogP) is 4.81. The van der Waals surface area contributed by atoms with Gasteiger partial charge in [0.05, 0.1) is 11.2 Å². The highest BCUT2D eigenvalue weighted by molar-refractivity contribution is 7.71. The Bertz CT molecular complexity index is 1040. The molecule has 1 aromatic carbocycles. The van der Waals surface area contributed by atoms with Gasteiger partial charge in [0, 0.05) is 6.07 Å². The standard InChI is InChI=1S/C15H9ClF4N4O2S/c16-11-5-8(3-4-12(11)17)25-7-10-2-1-9(26-10)6-21-24-13(15(18,19)20)22-23-14(24)27/h1-6H,7H2,(H,23,27)/b21-6+. The summed E-state index contributed by atoms with van der Waals surface area (Å²) in [5.41, 5.74) is 0. The van der Waals surface area contributed by atoms with Crippen LogP contribution in [0.15, 0.2) is 39.9 Å². The van der Waals surface area contributed by atoms with Crippen molar-refractivity contribution in [1.29, 1.82) is 0 Å². The normalized spacial score (nSPS) is 12.0. The Morgan fingerprint density at radius 1 is 1.33 bits per heavy atom. The number of aromatic nitrogens is 3. The first-order valence-electron chi connectivity index (χ1n) is 7.19. The van der Waals surface area contributed by atoms with Gasteiger partial charge in [0.1, 0.15) is 29.7 Å². The van der Waals surface area contributed by atoms with Gasteiger partial charge in [-0.2, -0.15) is 22.9 Å². The Morgan fingerprint density at radius 3 is 2.81 bits per heavy atom. The number of rotatable bonds is 5. The first kappa shape index (κ1) is 19.1. The van der Waals surface area contributed by atoms with E-state index in [1.165, 1.54) is 18.2 Å². The number of halogens is 5. The molecule has 0 aliphatic rings. The van der Waals surface area contributed by atoms with Gasteiger partial charge in [0.15, 0.2) is 0 Å². The number of nitrogens with one attached hydrogen (secondary N) is 1. The van der Waals surface area contributed by atoms with Gasteiger partial charge in [-0.25, -0.2) is 9.49 Å². The van der Waals surface area contributed by atoms with Crippen molar-refractivity contribution < 1.29 is 26.7 Å². The van der Waals surface area contributed by atoms with Crippen LogP contribution in [0.3, 0.4) is 0 Å². The molecule has 27 heavy (non-hydrogen) atoms. The van der Waals surface area contributed by atoms with Crippen LogP contribution in [0.25, 0.3) is 0 Å². The second-order valence-electron chi connectivity index (χ2n) is 5.08. The van der Waals surface area contributed by atoms with Crippen LogP contribution in [0, 0.1) is 10.6 Å². The Labute approximate surface area is 159 Å². The zero-order valence-electron chi connectivity index (χ0n) is 13.1. The van der Waals surface area contributed by atoms with Gasteiger partial charge in [-0.1, -0.05) is 11.6 Å². The van der Waals surface area contributed by atoms with E-state index < -0.39 is 17.8 Å². The van der Waals surface area contributed by atoms with Crippen molar-refractivity contribution in [3.8, 4) is 5.75 Å². The minimum Gasteiger partial charge on any atom is -0.486 e. The molecule has 0 spiro atoms. The molecule has 6 nitrogen and oxygen atoms in total. The van der Waals surface area contributed by atoms with Crippen molar-refractivity contribution in [2.24, 2.45) is 5.10 Å².